The Morgan fingerprint density at radius 3 is 3.00 bits per heavy atom. The molecule has 8 heavy (non-hydrogen) atoms. The van der Waals surface area contributed by atoms with Crippen LogP contribution in [0.2, 0.25) is 0 Å². The Bertz CT molecular complexity index is 101. The first kappa shape index (κ1) is 5.85. The molecule has 1 heterocycles. The second-order valence-corrected chi connectivity index (χ2v) is 1.73. The topological polar surface area (TPSA) is 29.5 Å². The Morgan fingerprint density at radius 1 is 1.75 bits per heavy atom. The van der Waals surface area contributed by atoms with Gasteiger partial charge in [-0.15, -0.1) is 0 Å². The number of hydrogen-bond donors (Lipinski definition) is 1. The summed E-state index contributed by atoms with van der Waals surface area (Å²) >= 11 is 0. The van der Waals surface area contributed by atoms with Crippen molar-refractivity contribution in [1.29, 1.82) is 0 Å². The lowest BCUT2D eigenvalue weighted by atomic mass is 9.85. The van der Waals surface area contributed by atoms with Crippen LogP contribution >= 0.6 is 0 Å². The Hall–Kier alpha value is -0.275. The zero-order valence-electron chi connectivity index (χ0n) is 4.63. The molecule has 0 bridgehead atoms. The fraction of sp³-hybridized carbons (Fsp3) is 0.600. The molecule has 2 nitrogen and oxygen atoms in total. The normalized spacial score (nSPS) is 19.9. The highest BCUT2D eigenvalue weighted by Gasteiger charge is 2.01. The molecule has 1 rings (SSSR count). The van der Waals surface area contributed by atoms with E-state index in [1.54, 1.807) is 0 Å². The van der Waals surface area contributed by atoms with Crippen LogP contribution in [-0.4, -0.2) is 25.7 Å². The van der Waals surface area contributed by atoms with Crippen LogP contribution in [0.15, 0.2) is 11.5 Å². The summed E-state index contributed by atoms with van der Waals surface area (Å²) in [5.41, 5.74) is 0.983. The minimum absolute atomic E-state index is 0.645. The average Bonchev–Trinajstić information content (AvgIpc) is 1.90. The molecule has 0 amide bonds. The highest BCUT2D eigenvalue weighted by atomic mass is 16.5. The van der Waals surface area contributed by atoms with Gasteiger partial charge in [-0.1, -0.05) is 11.5 Å². The highest BCUT2D eigenvalue weighted by molar-refractivity contribution is 6.36. The van der Waals surface area contributed by atoms with E-state index in [-0.39, 0.29) is 0 Å². The summed E-state index contributed by atoms with van der Waals surface area (Å²) in [7, 11) is 1.14. The predicted octanol–water partition coefficient (Wildman–Crippen LogP) is -0.0979. The first-order valence-corrected chi connectivity index (χ1v) is 2.67. The molecule has 1 aliphatic heterocycles. The van der Waals surface area contributed by atoms with Gasteiger partial charge in [0.25, 0.3) is 0 Å². The Morgan fingerprint density at radius 2 is 2.62 bits per heavy atom. The van der Waals surface area contributed by atoms with Crippen molar-refractivity contribution in [2.75, 3.05) is 13.2 Å². The van der Waals surface area contributed by atoms with Crippen molar-refractivity contribution >= 4 is 7.48 Å². The van der Waals surface area contributed by atoms with Crippen molar-refractivity contribution in [1.82, 2.24) is 0 Å². The molecular weight excluding hydrogens is 103 g/mol. The van der Waals surface area contributed by atoms with Crippen molar-refractivity contribution in [2.45, 2.75) is 6.42 Å². The fourth-order valence-electron chi connectivity index (χ4n) is 0.659. The van der Waals surface area contributed by atoms with Crippen LogP contribution in [0, 0.1) is 0 Å². The quantitative estimate of drug-likeness (QED) is 0.479. The number of rotatable bonds is 1. The molecule has 0 aliphatic carbocycles. The maximum atomic E-state index is 8.44. The Labute approximate surface area is 49.4 Å². The molecule has 0 atom stereocenters. The molecule has 0 aromatic rings. The van der Waals surface area contributed by atoms with Gasteiger partial charge in [0.1, 0.15) is 0 Å². The van der Waals surface area contributed by atoms with Crippen LogP contribution in [0.25, 0.3) is 0 Å². The van der Waals surface area contributed by atoms with Gasteiger partial charge in [0, 0.05) is 6.61 Å². The first-order valence-electron chi connectivity index (χ1n) is 2.67. The molecule has 43 valence electrons. The maximum absolute atomic E-state index is 8.44. The van der Waals surface area contributed by atoms with Crippen LogP contribution < -0.4 is 0 Å². The van der Waals surface area contributed by atoms with Gasteiger partial charge in [-0.05, 0) is 6.42 Å². The standard InChI is InChI=1S/C5H8BO2/c7-6-5-1-3-8-4-2-5/h1,7H,2-4H2. The van der Waals surface area contributed by atoms with Gasteiger partial charge in [-0.2, -0.15) is 0 Å². The highest BCUT2D eigenvalue weighted by Crippen LogP contribution is 2.03. The van der Waals surface area contributed by atoms with Gasteiger partial charge in [-0.25, -0.2) is 0 Å². The van der Waals surface area contributed by atoms with E-state index in [9.17, 15) is 0 Å². The van der Waals surface area contributed by atoms with Crippen LogP contribution in [-0.2, 0) is 4.74 Å². The van der Waals surface area contributed by atoms with Gasteiger partial charge in [-0.3, -0.25) is 0 Å². The van der Waals surface area contributed by atoms with E-state index in [0.717, 1.165) is 26.0 Å². The zero-order chi connectivity index (χ0) is 5.82. The summed E-state index contributed by atoms with van der Waals surface area (Å²) in [6, 6.07) is 0. The van der Waals surface area contributed by atoms with Crippen molar-refractivity contribution in [3.63, 3.8) is 0 Å². The molecule has 0 aromatic heterocycles. The van der Waals surface area contributed by atoms with Crippen molar-refractivity contribution in [2.24, 2.45) is 0 Å². The lowest BCUT2D eigenvalue weighted by Gasteiger charge is -2.08. The molecule has 0 spiro atoms. The molecule has 0 saturated heterocycles. The molecule has 1 radical (unpaired) electrons. The monoisotopic (exact) mass is 111 g/mol. The molecule has 0 fully saturated rings. The van der Waals surface area contributed by atoms with E-state index in [0.29, 0.717) is 6.61 Å². The minimum atomic E-state index is 0.645. The summed E-state index contributed by atoms with van der Waals surface area (Å²) < 4.78 is 4.99. The summed E-state index contributed by atoms with van der Waals surface area (Å²) in [6.45, 7) is 1.38. The second-order valence-electron chi connectivity index (χ2n) is 1.73. The van der Waals surface area contributed by atoms with Crippen molar-refractivity contribution in [3.8, 4) is 0 Å². The molecular formula is C5H8BO2. The summed E-state index contributed by atoms with van der Waals surface area (Å²) in [5.74, 6) is 0. The minimum Gasteiger partial charge on any atom is -0.450 e. The number of ether oxygens (including phenoxy) is 1. The molecule has 3 heteroatoms. The summed E-state index contributed by atoms with van der Waals surface area (Å²) in [4.78, 5) is 0. The maximum Gasteiger partial charge on any atom is 0.322 e. The molecule has 1 N–H and O–H groups in total. The summed E-state index contributed by atoms with van der Waals surface area (Å²) in [6.07, 6.45) is 2.72. The van der Waals surface area contributed by atoms with E-state index in [2.05, 4.69) is 0 Å². The van der Waals surface area contributed by atoms with Crippen LogP contribution in [0.5, 0.6) is 0 Å². The lowest BCUT2D eigenvalue weighted by Crippen LogP contribution is -2.08. The van der Waals surface area contributed by atoms with Crippen LogP contribution in [0.4, 0.5) is 0 Å². The second kappa shape index (κ2) is 2.90. The van der Waals surface area contributed by atoms with Gasteiger partial charge < -0.3 is 9.76 Å². The van der Waals surface area contributed by atoms with Gasteiger partial charge in [0.15, 0.2) is 0 Å². The van der Waals surface area contributed by atoms with Gasteiger partial charge in [0.05, 0.1) is 6.61 Å². The predicted molar refractivity (Wildman–Crippen MR) is 31.5 cm³/mol. The fourth-order valence-corrected chi connectivity index (χ4v) is 0.659. The van der Waals surface area contributed by atoms with Crippen LogP contribution in [0.1, 0.15) is 6.42 Å². The third-order valence-corrected chi connectivity index (χ3v) is 1.16. The average molecular weight is 111 g/mol. The Balaban J connectivity index is 2.37. The smallest absolute Gasteiger partial charge is 0.322 e. The number of hydrogen-bond acceptors (Lipinski definition) is 2. The van der Waals surface area contributed by atoms with E-state index in [1.807, 2.05) is 6.08 Å². The molecule has 1 aliphatic rings. The lowest BCUT2D eigenvalue weighted by molar-refractivity contribution is 0.156. The van der Waals surface area contributed by atoms with E-state index in [1.165, 1.54) is 0 Å². The first-order chi connectivity index (χ1) is 3.93. The van der Waals surface area contributed by atoms with E-state index >= 15 is 0 Å². The summed E-state index contributed by atoms with van der Waals surface area (Å²) in [5, 5.41) is 8.44. The van der Waals surface area contributed by atoms with Crippen LogP contribution in [0.3, 0.4) is 0 Å². The SMILES string of the molecule is O[B]C1=CCOCC1. The molecule has 0 aromatic carbocycles. The molecule has 0 saturated carbocycles. The molecule has 0 unspecified atom stereocenters. The Kier molecular flexibility index (Phi) is 2.12. The van der Waals surface area contributed by atoms with Crippen molar-refractivity contribution < 1.29 is 9.76 Å². The van der Waals surface area contributed by atoms with Crippen molar-refractivity contribution in [3.05, 3.63) is 11.5 Å². The van der Waals surface area contributed by atoms with E-state index in [4.69, 9.17) is 9.76 Å². The van der Waals surface area contributed by atoms with E-state index < -0.39 is 0 Å². The third kappa shape index (κ3) is 1.35. The van der Waals surface area contributed by atoms with Gasteiger partial charge >= 0.3 is 7.48 Å². The third-order valence-electron chi connectivity index (χ3n) is 1.16. The van der Waals surface area contributed by atoms with Gasteiger partial charge in [0.2, 0.25) is 0 Å². The largest absolute Gasteiger partial charge is 0.450 e. The zero-order valence-corrected chi connectivity index (χ0v) is 4.63.